The molecule has 1 aliphatic carbocycles. The van der Waals surface area contributed by atoms with E-state index < -0.39 is 0 Å². The summed E-state index contributed by atoms with van der Waals surface area (Å²) >= 11 is 1.64. The van der Waals surface area contributed by atoms with Crippen molar-refractivity contribution in [1.29, 1.82) is 0 Å². The van der Waals surface area contributed by atoms with Gasteiger partial charge in [0.1, 0.15) is 10.7 Å². The lowest BCUT2D eigenvalue weighted by Crippen LogP contribution is -2.28. The third-order valence-electron chi connectivity index (χ3n) is 4.01. The minimum absolute atomic E-state index is 0.0125. The molecular weight excluding hydrogens is 258 g/mol. The fourth-order valence-electron chi connectivity index (χ4n) is 2.95. The van der Waals surface area contributed by atoms with Crippen molar-refractivity contribution >= 4 is 17.5 Å². The highest BCUT2D eigenvalue weighted by Gasteiger charge is 2.38. The van der Waals surface area contributed by atoms with Gasteiger partial charge in [-0.05, 0) is 36.2 Å². The van der Waals surface area contributed by atoms with Crippen LogP contribution in [-0.4, -0.2) is 16.1 Å². The SMILES string of the molecule is CC(C)C(=O)C1=CCC2=C(SC3=CCCCC32)N1O. The first kappa shape index (κ1) is 13.0. The van der Waals surface area contributed by atoms with Gasteiger partial charge in [0.25, 0.3) is 0 Å². The van der Waals surface area contributed by atoms with E-state index in [0.717, 1.165) is 22.9 Å². The van der Waals surface area contributed by atoms with Crippen LogP contribution in [0.2, 0.25) is 0 Å². The summed E-state index contributed by atoms with van der Waals surface area (Å²) in [5, 5.41) is 12.4. The van der Waals surface area contributed by atoms with Crippen molar-refractivity contribution < 1.29 is 10.0 Å². The molecule has 0 fully saturated rings. The minimum Gasteiger partial charge on any atom is -0.292 e. The van der Waals surface area contributed by atoms with Crippen molar-refractivity contribution in [2.75, 3.05) is 0 Å². The first-order chi connectivity index (χ1) is 9.09. The Hall–Kier alpha value is -1.00. The Balaban J connectivity index is 1.88. The molecule has 0 aromatic rings. The van der Waals surface area contributed by atoms with E-state index in [9.17, 15) is 10.0 Å². The van der Waals surface area contributed by atoms with Crippen LogP contribution in [0.4, 0.5) is 0 Å². The predicted octanol–water partition coefficient (Wildman–Crippen LogP) is 3.83. The zero-order valence-corrected chi connectivity index (χ0v) is 12.2. The van der Waals surface area contributed by atoms with E-state index in [-0.39, 0.29) is 11.7 Å². The molecule has 1 atom stereocenters. The molecule has 0 amide bonds. The molecule has 19 heavy (non-hydrogen) atoms. The Labute approximate surface area is 118 Å². The van der Waals surface area contributed by atoms with E-state index in [0.29, 0.717) is 11.6 Å². The largest absolute Gasteiger partial charge is 0.292 e. The smallest absolute Gasteiger partial charge is 0.183 e. The molecule has 2 aliphatic heterocycles. The van der Waals surface area contributed by atoms with Crippen molar-refractivity contribution in [3.05, 3.63) is 33.4 Å². The summed E-state index contributed by atoms with van der Waals surface area (Å²) < 4.78 is 0. The zero-order valence-electron chi connectivity index (χ0n) is 11.3. The quantitative estimate of drug-likeness (QED) is 0.832. The molecule has 0 bridgehead atoms. The zero-order chi connectivity index (χ0) is 13.6. The lowest BCUT2D eigenvalue weighted by Gasteiger charge is -2.26. The normalized spacial score (nSPS) is 26.1. The van der Waals surface area contributed by atoms with Gasteiger partial charge in [0, 0.05) is 11.8 Å². The maximum atomic E-state index is 12.1. The maximum Gasteiger partial charge on any atom is 0.183 e. The Morgan fingerprint density at radius 2 is 2.26 bits per heavy atom. The monoisotopic (exact) mass is 277 g/mol. The molecule has 4 heteroatoms. The number of thioether (sulfide) groups is 1. The van der Waals surface area contributed by atoms with Gasteiger partial charge in [-0.15, -0.1) is 0 Å². The van der Waals surface area contributed by atoms with Gasteiger partial charge in [-0.2, -0.15) is 0 Å². The molecule has 2 heterocycles. The van der Waals surface area contributed by atoms with Gasteiger partial charge < -0.3 is 0 Å². The summed E-state index contributed by atoms with van der Waals surface area (Å²) in [6, 6.07) is 0. The first-order valence-electron chi connectivity index (χ1n) is 6.94. The molecule has 3 rings (SSSR count). The maximum absolute atomic E-state index is 12.1. The summed E-state index contributed by atoms with van der Waals surface area (Å²) in [5.74, 6) is 0.407. The van der Waals surface area contributed by atoms with Crippen molar-refractivity contribution in [2.45, 2.75) is 39.5 Å². The average Bonchev–Trinajstić information content (AvgIpc) is 2.78. The van der Waals surface area contributed by atoms with Crippen LogP contribution in [0.15, 0.2) is 33.4 Å². The highest BCUT2D eigenvalue weighted by atomic mass is 32.2. The molecule has 0 aromatic carbocycles. The molecule has 3 aliphatic rings. The molecule has 3 nitrogen and oxygen atoms in total. The van der Waals surface area contributed by atoms with Crippen molar-refractivity contribution in [1.82, 2.24) is 5.06 Å². The Kier molecular flexibility index (Phi) is 3.31. The van der Waals surface area contributed by atoms with Crippen LogP contribution >= 0.6 is 11.8 Å². The van der Waals surface area contributed by atoms with E-state index >= 15 is 0 Å². The highest BCUT2D eigenvalue weighted by molar-refractivity contribution is 8.07. The summed E-state index contributed by atoms with van der Waals surface area (Å²) in [7, 11) is 0. The molecule has 0 radical (unpaired) electrons. The lowest BCUT2D eigenvalue weighted by atomic mass is 9.86. The Morgan fingerprint density at radius 1 is 1.47 bits per heavy atom. The number of fused-ring (bicyclic) bond motifs is 2. The van der Waals surface area contributed by atoms with Gasteiger partial charge >= 0.3 is 0 Å². The average molecular weight is 277 g/mol. The predicted molar refractivity (Wildman–Crippen MR) is 76.2 cm³/mol. The van der Waals surface area contributed by atoms with Gasteiger partial charge in [0.2, 0.25) is 0 Å². The number of nitrogens with zero attached hydrogens (tertiary/aromatic N) is 1. The summed E-state index contributed by atoms with van der Waals surface area (Å²) in [4.78, 5) is 13.5. The fraction of sp³-hybridized carbons (Fsp3) is 0.533. The molecule has 0 saturated heterocycles. The second-order valence-electron chi connectivity index (χ2n) is 5.65. The van der Waals surface area contributed by atoms with Gasteiger partial charge in [0.05, 0.1) is 0 Å². The van der Waals surface area contributed by atoms with Gasteiger partial charge in [-0.1, -0.05) is 37.8 Å². The molecule has 0 spiro atoms. The molecule has 1 unspecified atom stereocenters. The number of carbonyl (C=O) groups excluding carboxylic acids is 1. The summed E-state index contributed by atoms with van der Waals surface area (Å²) in [5.41, 5.74) is 1.74. The van der Waals surface area contributed by atoms with Crippen molar-refractivity contribution in [3.8, 4) is 0 Å². The van der Waals surface area contributed by atoms with E-state index in [4.69, 9.17) is 0 Å². The first-order valence-corrected chi connectivity index (χ1v) is 7.75. The molecule has 1 N–H and O–H groups in total. The van der Waals surface area contributed by atoms with Crippen LogP contribution < -0.4 is 0 Å². The number of Topliss-reactive ketones (excluding diaryl/α,β-unsaturated/α-hetero) is 1. The van der Waals surface area contributed by atoms with Gasteiger partial charge in [-0.25, -0.2) is 5.06 Å². The lowest BCUT2D eigenvalue weighted by molar-refractivity contribution is -0.124. The van der Waals surface area contributed by atoms with E-state index in [1.807, 2.05) is 19.9 Å². The van der Waals surface area contributed by atoms with E-state index in [1.165, 1.54) is 23.3 Å². The molecule has 102 valence electrons. The third-order valence-corrected chi connectivity index (χ3v) is 5.32. The van der Waals surface area contributed by atoms with Crippen LogP contribution in [0, 0.1) is 11.8 Å². The molecular formula is C15H19NO2S. The number of hydrogen-bond acceptors (Lipinski definition) is 4. The van der Waals surface area contributed by atoms with Crippen molar-refractivity contribution in [3.63, 3.8) is 0 Å². The molecule has 0 aromatic heterocycles. The van der Waals surface area contributed by atoms with E-state index in [1.54, 1.807) is 11.8 Å². The van der Waals surface area contributed by atoms with Crippen LogP contribution in [-0.2, 0) is 4.79 Å². The second-order valence-corrected chi connectivity index (χ2v) is 6.71. The van der Waals surface area contributed by atoms with Gasteiger partial charge in [-0.3, -0.25) is 10.0 Å². The minimum atomic E-state index is -0.0871. The highest BCUT2D eigenvalue weighted by Crippen LogP contribution is 2.53. The van der Waals surface area contributed by atoms with Crippen molar-refractivity contribution in [2.24, 2.45) is 11.8 Å². The summed E-state index contributed by atoms with van der Waals surface area (Å²) in [6.45, 7) is 3.73. The number of ketones is 1. The number of hydrogen-bond donors (Lipinski definition) is 1. The van der Waals surface area contributed by atoms with Crippen LogP contribution in [0.3, 0.4) is 0 Å². The second kappa shape index (κ2) is 4.84. The number of allylic oxidation sites excluding steroid dienone is 5. The number of carbonyl (C=O) groups is 1. The standard InChI is InChI=1S/C15H19NO2S/c1-9(2)14(17)12-8-7-11-10-5-3-4-6-13(10)19-15(11)16(12)18/h6,8-10,18H,3-5,7H2,1-2H3. The molecule has 0 saturated carbocycles. The van der Waals surface area contributed by atoms with Crippen LogP contribution in [0.25, 0.3) is 0 Å². The van der Waals surface area contributed by atoms with E-state index in [2.05, 4.69) is 6.08 Å². The Morgan fingerprint density at radius 3 is 3.00 bits per heavy atom. The number of hydroxylamine groups is 2. The number of rotatable bonds is 2. The van der Waals surface area contributed by atoms with Gasteiger partial charge in [0.15, 0.2) is 5.78 Å². The van der Waals surface area contributed by atoms with Crippen LogP contribution in [0.1, 0.15) is 39.5 Å². The topological polar surface area (TPSA) is 40.5 Å². The van der Waals surface area contributed by atoms with Crippen LogP contribution in [0.5, 0.6) is 0 Å². The Bertz CT molecular complexity index is 516. The third kappa shape index (κ3) is 2.07. The summed E-state index contributed by atoms with van der Waals surface area (Å²) in [6.07, 6.45) is 8.50. The fourth-order valence-corrected chi connectivity index (χ4v) is 4.32.